The molecule has 1 aliphatic carbocycles. The van der Waals surface area contributed by atoms with Gasteiger partial charge in [0.15, 0.2) is 5.60 Å². The smallest absolute Gasteiger partial charge is 0.316 e. The standard InChI is InChI=1S/C11H18O3/c1-7-4-5-11(8(12)6-7)10(2,3)9(13)14-11/h7-8,12H,4-6H2,1-3H3/t7-,8+,11+/m0/s1. The minimum atomic E-state index is -0.587. The highest BCUT2D eigenvalue weighted by Gasteiger charge is 2.67. The van der Waals surface area contributed by atoms with Crippen LogP contribution < -0.4 is 0 Å². The number of hydrogen-bond acceptors (Lipinski definition) is 3. The van der Waals surface area contributed by atoms with Crippen molar-refractivity contribution in [1.82, 2.24) is 0 Å². The number of aliphatic hydroxyl groups excluding tert-OH is 1. The molecule has 0 aromatic heterocycles. The highest BCUT2D eigenvalue weighted by atomic mass is 16.6. The molecule has 2 fully saturated rings. The molecule has 1 saturated carbocycles. The van der Waals surface area contributed by atoms with Crippen LogP contribution in [0.15, 0.2) is 0 Å². The van der Waals surface area contributed by atoms with Crippen LogP contribution in [0.3, 0.4) is 0 Å². The number of ether oxygens (including phenoxy) is 1. The van der Waals surface area contributed by atoms with Gasteiger partial charge in [0.25, 0.3) is 0 Å². The van der Waals surface area contributed by atoms with E-state index in [0.717, 1.165) is 19.3 Å². The van der Waals surface area contributed by atoms with Gasteiger partial charge < -0.3 is 9.84 Å². The first kappa shape index (κ1) is 9.97. The van der Waals surface area contributed by atoms with Crippen molar-refractivity contribution in [3.8, 4) is 0 Å². The van der Waals surface area contributed by atoms with Crippen molar-refractivity contribution in [2.75, 3.05) is 0 Å². The summed E-state index contributed by atoms with van der Waals surface area (Å²) in [5.41, 5.74) is -1.09. The Morgan fingerprint density at radius 2 is 2.14 bits per heavy atom. The van der Waals surface area contributed by atoms with Gasteiger partial charge in [0.1, 0.15) is 5.41 Å². The second-order valence-electron chi connectivity index (χ2n) is 5.30. The summed E-state index contributed by atoms with van der Waals surface area (Å²) < 4.78 is 5.25. The van der Waals surface area contributed by atoms with Crippen molar-refractivity contribution in [1.29, 1.82) is 0 Å². The van der Waals surface area contributed by atoms with Crippen molar-refractivity contribution in [3.63, 3.8) is 0 Å². The minimum absolute atomic E-state index is 0.175. The lowest BCUT2D eigenvalue weighted by atomic mass is 9.60. The Morgan fingerprint density at radius 1 is 1.50 bits per heavy atom. The maximum atomic E-state index is 11.3. The average molecular weight is 198 g/mol. The van der Waals surface area contributed by atoms with Crippen molar-refractivity contribution < 1.29 is 14.6 Å². The third kappa shape index (κ3) is 0.991. The fraction of sp³-hybridized carbons (Fsp3) is 0.909. The fourth-order valence-corrected chi connectivity index (χ4v) is 2.71. The summed E-state index contributed by atoms with van der Waals surface area (Å²) in [7, 11) is 0. The molecular formula is C11H18O3. The third-order valence-electron chi connectivity index (χ3n) is 4.02. The molecule has 1 spiro atoms. The molecule has 2 aliphatic rings. The van der Waals surface area contributed by atoms with E-state index in [2.05, 4.69) is 6.92 Å². The van der Waals surface area contributed by atoms with Crippen LogP contribution >= 0.6 is 0 Å². The number of hydrogen-bond donors (Lipinski definition) is 1. The Balaban J connectivity index is 2.22. The summed E-state index contributed by atoms with van der Waals surface area (Å²) in [5, 5.41) is 10.0. The van der Waals surface area contributed by atoms with Crippen LogP contribution in [0.2, 0.25) is 0 Å². The van der Waals surface area contributed by atoms with E-state index in [1.54, 1.807) is 0 Å². The zero-order chi connectivity index (χ0) is 10.6. The molecule has 2 rings (SSSR count). The number of carbonyl (C=O) groups is 1. The van der Waals surface area contributed by atoms with Gasteiger partial charge in [-0.3, -0.25) is 4.79 Å². The number of esters is 1. The van der Waals surface area contributed by atoms with Gasteiger partial charge in [-0.2, -0.15) is 0 Å². The second-order valence-corrected chi connectivity index (χ2v) is 5.30. The van der Waals surface area contributed by atoms with Crippen molar-refractivity contribution in [2.24, 2.45) is 11.3 Å². The normalized spacial score (nSPS) is 45.9. The minimum Gasteiger partial charge on any atom is -0.455 e. The van der Waals surface area contributed by atoms with Crippen molar-refractivity contribution in [3.05, 3.63) is 0 Å². The largest absolute Gasteiger partial charge is 0.455 e. The molecule has 0 bridgehead atoms. The van der Waals surface area contributed by atoms with Crippen LogP contribution in [0.1, 0.15) is 40.0 Å². The van der Waals surface area contributed by atoms with Crippen LogP contribution in [0.4, 0.5) is 0 Å². The van der Waals surface area contributed by atoms with E-state index >= 15 is 0 Å². The van der Waals surface area contributed by atoms with Crippen LogP contribution in [0.25, 0.3) is 0 Å². The Kier molecular flexibility index (Phi) is 1.94. The Morgan fingerprint density at radius 3 is 2.57 bits per heavy atom. The molecule has 1 aliphatic heterocycles. The molecule has 0 unspecified atom stereocenters. The monoisotopic (exact) mass is 198 g/mol. The van der Waals surface area contributed by atoms with Crippen LogP contribution in [-0.2, 0) is 9.53 Å². The number of carbonyl (C=O) groups excluding carboxylic acids is 1. The van der Waals surface area contributed by atoms with Crippen molar-refractivity contribution in [2.45, 2.75) is 51.7 Å². The van der Waals surface area contributed by atoms with Gasteiger partial charge in [0.05, 0.1) is 6.10 Å². The molecule has 14 heavy (non-hydrogen) atoms. The zero-order valence-corrected chi connectivity index (χ0v) is 9.04. The van der Waals surface area contributed by atoms with E-state index in [1.165, 1.54) is 0 Å². The van der Waals surface area contributed by atoms with Gasteiger partial charge in [0, 0.05) is 0 Å². The first-order valence-corrected chi connectivity index (χ1v) is 5.31. The lowest BCUT2D eigenvalue weighted by molar-refractivity contribution is -0.273. The van der Waals surface area contributed by atoms with E-state index in [4.69, 9.17) is 4.74 Å². The summed E-state index contributed by atoms with van der Waals surface area (Å²) in [6.45, 7) is 5.87. The van der Waals surface area contributed by atoms with Crippen LogP contribution in [0, 0.1) is 11.3 Å². The summed E-state index contributed by atoms with van der Waals surface area (Å²) in [5.74, 6) is 0.358. The molecule has 1 N–H and O–H groups in total. The predicted octanol–water partition coefficient (Wildman–Crippen LogP) is 1.49. The van der Waals surface area contributed by atoms with Gasteiger partial charge in [-0.1, -0.05) is 6.92 Å². The van der Waals surface area contributed by atoms with Gasteiger partial charge in [-0.15, -0.1) is 0 Å². The maximum Gasteiger partial charge on any atom is 0.316 e. The highest BCUT2D eigenvalue weighted by Crippen LogP contribution is 2.54. The fourth-order valence-electron chi connectivity index (χ4n) is 2.71. The Hall–Kier alpha value is -0.570. The van der Waals surface area contributed by atoms with Gasteiger partial charge >= 0.3 is 5.97 Å². The maximum absolute atomic E-state index is 11.3. The summed E-state index contributed by atoms with van der Waals surface area (Å²) in [6, 6.07) is 0. The molecule has 3 nitrogen and oxygen atoms in total. The SMILES string of the molecule is C[C@H]1CC[C@@]2(OC(=O)C2(C)C)[C@H](O)C1. The Bertz CT molecular complexity index is 272. The molecule has 3 heteroatoms. The first-order valence-electron chi connectivity index (χ1n) is 5.31. The lowest BCUT2D eigenvalue weighted by Gasteiger charge is -2.58. The number of rotatable bonds is 0. The van der Waals surface area contributed by atoms with Crippen LogP contribution in [-0.4, -0.2) is 22.8 Å². The molecule has 3 atom stereocenters. The molecule has 80 valence electrons. The molecule has 0 aromatic rings. The summed E-state index contributed by atoms with van der Waals surface area (Å²) >= 11 is 0. The first-order chi connectivity index (χ1) is 6.40. The van der Waals surface area contributed by atoms with E-state index < -0.39 is 17.1 Å². The quantitative estimate of drug-likeness (QED) is 0.600. The topological polar surface area (TPSA) is 46.5 Å². The molecule has 1 heterocycles. The third-order valence-corrected chi connectivity index (χ3v) is 4.02. The van der Waals surface area contributed by atoms with Crippen LogP contribution in [0.5, 0.6) is 0 Å². The van der Waals surface area contributed by atoms with Crippen molar-refractivity contribution >= 4 is 5.97 Å². The molecule has 0 aromatic carbocycles. The lowest BCUT2D eigenvalue weighted by Crippen LogP contribution is -2.70. The summed E-state index contributed by atoms with van der Waals surface area (Å²) in [6.07, 6.45) is 2.09. The second kappa shape index (κ2) is 2.72. The van der Waals surface area contributed by atoms with E-state index in [-0.39, 0.29) is 5.97 Å². The summed E-state index contributed by atoms with van der Waals surface area (Å²) in [4.78, 5) is 11.3. The average Bonchev–Trinajstić information content (AvgIpc) is 2.09. The molecule has 0 amide bonds. The van der Waals surface area contributed by atoms with E-state index in [1.807, 2.05) is 13.8 Å². The zero-order valence-electron chi connectivity index (χ0n) is 9.04. The molecule has 0 radical (unpaired) electrons. The van der Waals surface area contributed by atoms with Gasteiger partial charge in [-0.25, -0.2) is 0 Å². The van der Waals surface area contributed by atoms with E-state index in [9.17, 15) is 9.90 Å². The number of aliphatic hydroxyl groups is 1. The van der Waals surface area contributed by atoms with Gasteiger partial charge in [-0.05, 0) is 39.0 Å². The highest BCUT2D eigenvalue weighted by molar-refractivity contribution is 5.84. The predicted molar refractivity (Wildman–Crippen MR) is 51.6 cm³/mol. The van der Waals surface area contributed by atoms with Gasteiger partial charge in [0.2, 0.25) is 0 Å². The molecule has 1 saturated heterocycles. The molecular weight excluding hydrogens is 180 g/mol. The Labute approximate surface area is 84.4 Å². The van der Waals surface area contributed by atoms with E-state index in [0.29, 0.717) is 5.92 Å².